The minimum Gasteiger partial charge on any atom is -0.451 e. The van der Waals surface area contributed by atoms with Gasteiger partial charge in [0.25, 0.3) is 5.56 Å². The van der Waals surface area contributed by atoms with E-state index in [1.54, 1.807) is 45.0 Å². The number of aromatic amines is 1. The maximum absolute atomic E-state index is 12.7. The van der Waals surface area contributed by atoms with Crippen molar-refractivity contribution in [3.05, 3.63) is 70.3 Å². The van der Waals surface area contributed by atoms with Crippen LogP contribution in [-0.4, -0.2) is 41.7 Å². The van der Waals surface area contributed by atoms with Gasteiger partial charge >= 0.3 is 5.97 Å². The Morgan fingerprint density at radius 2 is 1.83 bits per heavy atom. The van der Waals surface area contributed by atoms with E-state index in [2.05, 4.69) is 9.97 Å². The van der Waals surface area contributed by atoms with Crippen molar-refractivity contribution >= 4 is 26.9 Å². The van der Waals surface area contributed by atoms with Crippen LogP contribution in [0.1, 0.15) is 43.1 Å². The number of H-pyrrole nitrogens is 1. The molecule has 0 aliphatic rings. The van der Waals surface area contributed by atoms with Gasteiger partial charge in [0, 0.05) is 13.1 Å². The summed E-state index contributed by atoms with van der Waals surface area (Å²) in [4.78, 5) is 31.8. The fourth-order valence-electron chi connectivity index (χ4n) is 3.08. The molecule has 0 bridgehead atoms. The van der Waals surface area contributed by atoms with Crippen molar-refractivity contribution in [1.29, 1.82) is 0 Å². The number of hydrogen-bond acceptors (Lipinski definition) is 6. The molecule has 1 atom stereocenters. The smallest absolute Gasteiger partial charge is 0.338 e. The molecule has 0 radical (unpaired) electrons. The molecule has 1 heterocycles. The highest BCUT2D eigenvalue weighted by Gasteiger charge is 2.24. The van der Waals surface area contributed by atoms with E-state index in [4.69, 9.17) is 4.74 Å². The minimum absolute atomic E-state index is 0.0190. The van der Waals surface area contributed by atoms with Gasteiger partial charge in [-0.3, -0.25) is 4.79 Å². The Labute approximate surface area is 174 Å². The zero-order valence-corrected chi connectivity index (χ0v) is 17.8. The molecule has 3 rings (SSSR count). The Bertz CT molecular complexity index is 1230. The predicted molar refractivity (Wildman–Crippen MR) is 113 cm³/mol. The van der Waals surface area contributed by atoms with Crippen LogP contribution in [0, 0.1) is 0 Å². The number of hydrogen-bond donors (Lipinski definition) is 1. The number of benzene rings is 2. The second kappa shape index (κ2) is 8.76. The third-order valence-electron chi connectivity index (χ3n) is 4.71. The number of ether oxygens (including phenoxy) is 1. The number of fused-ring (bicyclic) bond motifs is 1. The van der Waals surface area contributed by atoms with E-state index in [-0.39, 0.29) is 21.8 Å². The predicted octanol–water partition coefficient (Wildman–Crippen LogP) is 2.87. The van der Waals surface area contributed by atoms with E-state index in [1.807, 2.05) is 0 Å². The average molecular weight is 429 g/mol. The van der Waals surface area contributed by atoms with Crippen molar-refractivity contribution in [2.75, 3.05) is 13.1 Å². The summed E-state index contributed by atoms with van der Waals surface area (Å²) in [7, 11) is -3.70. The molecule has 30 heavy (non-hydrogen) atoms. The average Bonchev–Trinajstić information content (AvgIpc) is 2.74. The summed E-state index contributed by atoms with van der Waals surface area (Å²) in [5, 5.41) is 0.439. The van der Waals surface area contributed by atoms with E-state index >= 15 is 0 Å². The summed E-state index contributed by atoms with van der Waals surface area (Å²) < 4.78 is 32.1. The third-order valence-corrected chi connectivity index (χ3v) is 6.76. The second-order valence-corrected chi connectivity index (χ2v) is 8.57. The fraction of sp³-hybridized carbons (Fsp3) is 0.286. The van der Waals surface area contributed by atoms with Crippen LogP contribution in [0.15, 0.2) is 58.2 Å². The molecule has 0 aliphatic heterocycles. The zero-order chi connectivity index (χ0) is 21.9. The molecular weight excluding hydrogens is 406 g/mol. The third kappa shape index (κ3) is 4.27. The van der Waals surface area contributed by atoms with E-state index in [1.165, 1.54) is 28.6 Å². The number of carbonyl (C=O) groups is 1. The van der Waals surface area contributed by atoms with Gasteiger partial charge in [0.1, 0.15) is 0 Å². The van der Waals surface area contributed by atoms with Gasteiger partial charge in [0.15, 0.2) is 11.9 Å². The summed E-state index contributed by atoms with van der Waals surface area (Å²) in [5.74, 6) is -0.506. The highest BCUT2D eigenvalue weighted by atomic mass is 32.2. The van der Waals surface area contributed by atoms with Crippen molar-refractivity contribution in [1.82, 2.24) is 14.3 Å². The Kier molecular flexibility index (Phi) is 6.33. The molecule has 9 heteroatoms. The lowest BCUT2D eigenvalue weighted by molar-refractivity contribution is 0.0319. The number of sulfonamides is 1. The molecule has 3 aromatic rings. The number of rotatable bonds is 7. The molecule has 0 fully saturated rings. The van der Waals surface area contributed by atoms with Crippen molar-refractivity contribution in [3.8, 4) is 0 Å². The summed E-state index contributed by atoms with van der Waals surface area (Å²) in [5.41, 5.74) is 0.260. The topological polar surface area (TPSA) is 109 Å². The van der Waals surface area contributed by atoms with Gasteiger partial charge in [-0.2, -0.15) is 4.31 Å². The number of nitrogens with zero attached hydrogens (tertiary/aromatic N) is 2. The first kappa shape index (κ1) is 21.7. The number of carbonyl (C=O) groups excluding carboxylic acids is 1. The highest BCUT2D eigenvalue weighted by molar-refractivity contribution is 7.89. The Morgan fingerprint density at radius 3 is 2.53 bits per heavy atom. The lowest BCUT2D eigenvalue weighted by Gasteiger charge is -2.19. The first-order valence-corrected chi connectivity index (χ1v) is 11.0. The van der Waals surface area contributed by atoms with Crippen LogP contribution in [0.25, 0.3) is 10.9 Å². The normalized spacial score (nSPS) is 12.8. The van der Waals surface area contributed by atoms with Crippen LogP contribution in [-0.2, 0) is 14.8 Å². The number of esters is 1. The van der Waals surface area contributed by atoms with Gasteiger partial charge < -0.3 is 9.72 Å². The molecule has 0 amide bonds. The Balaban J connectivity index is 1.85. The SMILES string of the molecule is CCN(CC)S(=O)(=O)c1cccc(C(=O)O[C@H](C)c2nc3ccccc3c(=O)[nH]2)c1. The van der Waals surface area contributed by atoms with E-state index in [0.29, 0.717) is 24.0 Å². The summed E-state index contributed by atoms with van der Waals surface area (Å²) in [6, 6.07) is 12.6. The van der Waals surface area contributed by atoms with Gasteiger partial charge in [-0.25, -0.2) is 18.2 Å². The quantitative estimate of drug-likeness (QED) is 0.579. The van der Waals surface area contributed by atoms with Crippen LogP contribution in [0.2, 0.25) is 0 Å². The lowest BCUT2D eigenvalue weighted by Crippen LogP contribution is -2.30. The first-order valence-electron chi connectivity index (χ1n) is 9.58. The molecule has 0 saturated heterocycles. The van der Waals surface area contributed by atoms with E-state index < -0.39 is 22.1 Å². The number of nitrogens with one attached hydrogen (secondary N) is 1. The van der Waals surface area contributed by atoms with Crippen LogP contribution >= 0.6 is 0 Å². The van der Waals surface area contributed by atoms with Gasteiger partial charge in [-0.15, -0.1) is 0 Å². The summed E-state index contributed by atoms with van der Waals surface area (Å²) in [6.07, 6.45) is -0.835. The minimum atomic E-state index is -3.70. The van der Waals surface area contributed by atoms with Gasteiger partial charge in [-0.05, 0) is 37.3 Å². The van der Waals surface area contributed by atoms with Gasteiger partial charge in [-0.1, -0.05) is 32.0 Å². The molecular formula is C21H23N3O5S. The first-order chi connectivity index (χ1) is 14.3. The number of para-hydroxylation sites is 1. The molecule has 0 aliphatic carbocycles. The largest absolute Gasteiger partial charge is 0.451 e. The highest BCUT2D eigenvalue weighted by Crippen LogP contribution is 2.20. The van der Waals surface area contributed by atoms with E-state index in [0.717, 1.165) is 0 Å². The van der Waals surface area contributed by atoms with E-state index in [9.17, 15) is 18.0 Å². The van der Waals surface area contributed by atoms with Crippen molar-refractivity contribution in [3.63, 3.8) is 0 Å². The van der Waals surface area contributed by atoms with Gasteiger partial charge in [0.05, 0.1) is 21.4 Å². The van der Waals surface area contributed by atoms with Crippen molar-refractivity contribution < 1.29 is 17.9 Å². The maximum Gasteiger partial charge on any atom is 0.338 e. The maximum atomic E-state index is 12.7. The number of aromatic nitrogens is 2. The second-order valence-electron chi connectivity index (χ2n) is 6.63. The zero-order valence-electron chi connectivity index (χ0n) is 17.0. The van der Waals surface area contributed by atoms with Gasteiger partial charge in [0.2, 0.25) is 10.0 Å². The molecule has 1 N–H and O–H groups in total. The molecule has 0 unspecified atom stereocenters. The summed E-state index contributed by atoms with van der Waals surface area (Å²) >= 11 is 0. The fourth-order valence-corrected chi connectivity index (χ4v) is 4.58. The molecule has 1 aromatic heterocycles. The Morgan fingerprint density at radius 1 is 1.13 bits per heavy atom. The van der Waals surface area contributed by atoms with Crippen molar-refractivity contribution in [2.45, 2.75) is 31.8 Å². The van der Waals surface area contributed by atoms with Crippen LogP contribution in [0.4, 0.5) is 0 Å². The molecule has 158 valence electrons. The molecule has 0 saturated carbocycles. The molecule has 2 aromatic carbocycles. The monoisotopic (exact) mass is 429 g/mol. The van der Waals surface area contributed by atoms with Crippen LogP contribution in [0.3, 0.4) is 0 Å². The van der Waals surface area contributed by atoms with Crippen LogP contribution < -0.4 is 5.56 Å². The standard InChI is InChI=1S/C21H23N3O5S/c1-4-24(5-2)30(27,28)16-10-8-9-15(13-16)21(26)29-14(3)19-22-18-12-7-6-11-17(18)20(25)23-19/h6-14H,4-5H2,1-3H3,(H,22,23,25)/t14-/m1/s1. The van der Waals surface area contributed by atoms with Crippen LogP contribution in [0.5, 0.6) is 0 Å². The van der Waals surface area contributed by atoms with Crippen molar-refractivity contribution in [2.24, 2.45) is 0 Å². The lowest BCUT2D eigenvalue weighted by atomic mass is 10.2. The molecule has 0 spiro atoms. The molecule has 8 nitrogen and oxygen atoms in total. The Hall–Kier alpha value is -3.04. The summed E-state index contributed by atoms with van der Waals surface area (Å²) in [6.45, 7) is 5.73.